The van der Waals surface area contributed by atoms with Gasteiger partial charge in [-0.15, -0.1) is 0 Å². The monoisotopic (exact) mass is 281 g/mol. The molecule has 2 aromatic carbocycles. The maximum Gasteiger partial charge on any atom is 0.352 e. The van der Waals surface area contributed by atoms with Crippen LogP contribution in [0.2, 0.25) is 0 Å². The van der Waals surface area contributed by atoms with E-state index in [0.29, 0.717) is 0 Å². The summed E-state index contributed by atoms with van der Waals surface area (Å²) in [7, 11) is 3.40. The summed E-state index contributed by atoms with van der Waals surface area (Å²) in [4.78, 5) is 11.2. The number of aryl methyl sites for hydroxylation is 1. The van der Waals surface area contributed by atoms with Gasteiger partial charge in [0.2, 0.25) is 0 Å². The lowest BCUT2D eigenvalue weighted by Crippen LogP contribution is -2.03. The second-order valence-corrected chi connectivity index (χ2v) is 4.90. The number of aromatic carboxylic acids is 1. The third-order valence-corrected chi connectivity index (χ3v) is 3.67. The molecule has 0 unspecified atom stereocenters. The van der Waals surface area contributed by atoms with E-state index in [1.807, 2.05) is 42.5 Å². The highest BCUT2D eigenvalue weighted by atomic mass is 16.5. The number of carboxylic acid groups (broad SMARTS) is 1. The third-order valence-electron chi connectivity index (χ3n) is 3.67. The van der Waals surface area contributed by atoms with Crippen molar-refractivity contribution in [3.63, 3.8) is 0 Å². The van der Waals surface area contributed by atoms with Crippen molar-refractivity contribution in [2.45, 2.75) is 0 Å². The lowest BCUT2D eigenvalue weighted by Gasteiger charge is -2.06. The highest BCUT2D eigenvalue weighted by Crippen LogP contribution is 2.28. The summed E-state index contributed by atoms with van der Waals surface area (Å²) in [5.41, 5.74) is 3.24. The Balaban J connectivity index is 2.16. The van der Waals surface area contributed by atoms with Crippen LogP contribution in [0.25, 0.3) is 22.0 Å². The van der Waals surface area contributed by atoms with Gasteiger partial charge in [0, 0.05) is 18.0 Å². The molecule has 1 N–H and O–H groups in total. The Morgan fingerprint density at radius 2 is 1.86 bits per heavy atom. The summed E-state index contributed by atoms with van der Waals surface area (Å²) in [5, 5.41) is 10.1. The number of methoxy groups -OCH3 is 1. The lowest BCUT2D eigenvalue weighted by atomic mass is 10.0. The van der Waals surface area contributed by atoms with Gasteiger partial charge in [0.15, 0.2) is 0 Å². The second-order valence-electron chi connectivity index (χ2n) is 4.90. The molecule has 1 heterocycles. The van der Waals surface area contributed by atoms with Crippen molar-refractivity contribution in [2.75, 3.05) is 7.11 Å². The zero-order valence-electron chi connectivity index (χ0n) is 11.8. The van der Waals surface area contributed by atoms with Gasteiger partial charge in [0.25, 0.3) is 0 Å². The van der Waals surface area contributed by atoms with E-state index in [9.17, 15) is 9.90 Å². The van der Waals surface area contributed by atoms with Crippen molar-refractivity contribution in [3.8, 4) is 16.9 Å². The van der Waals surface area contributed by atoms with Gasteiger partial charge in [0.1, 0.15) is 11.4 Å². The molecule has 3 rings (SSSR count). The molecule has 0 saturated carbocycles. The number of hydrogen-bond donors (Lipinski definition) is 1. The number of carboxylic acids is 1. The topological polar surface area (TPSA) is 51.5 Å². The van der Waals surface area contributed by atoms with Gasteiger partial charge >= 0.3 is 5.97 Å². The molecule has 0 saturated heterocycles. The molecule has 3 aromatic rings. The van der Waals surface area contributed by atoms with E-state index >= 15 is 0 Å². The Bertz CT molecular complexity index is 833. The number of ether oxygens (including phenoxy) is 1. The van der Waals surface area contributed by atoms with Crippen LogP contribution in [-0.4, -0.2) is 22.8 Å². The molecule has 0 aliphatic rings. The van der Waals surface area contributed by atoms with Crippen LogP contribution in [-0.2, 0) is 7.05 Å². The molecule has 0 amide bonds. The second kappa shape index (κ2) is 4.98. The number of rotatable bonds is 3. The van der Waals surface area contributed by atoms with Crippen LogP contribution in [0.15, 0.2) is 48.5 Å². The van der Waals surface area contributed by atoms with E-state index in [1.54, 1.807) is 24.8 Å². The Kier molecular flexibility index (Phi) is 3.14. The first kappa shape index (κ1) is 13.2. The first-order chi connectivity index (χ1) is 10.1. The zero-order chi connectivity index (χ0) is 15.0. The number of hydrogen-bond acceptors (Lipinski definition) is 2. The van der Waals surface area contributed by atoms with Crippen molar-refractivity contribution < 1.29 is 14.6 Å². The average molecular weight is 281 g/mol. The SMILES string of the molecule is COc1cccc(-c2ccc3cc(C(=O)O)n(C)c3c2)c1. The molecular weight excluding hydrogens is 266 g/mol. The quantitative estimate of drug-likeness (QED) is 0.798. The van der Waals surface area contributed by atoms with Gasteiger partial charge in [-0.2, -0.15) is 0 Å². The summed E-state index contributed by atoms with van der Waals surface area (Å²) in [6, 6.07) is 15.4. The van der Waals surface area contributed by atoms with E-state index in [2.05, 4.69) is 0 Å². The molecule has 0 aliphatic carbocycles. The minimum atomic E-state index is -0.920. The van der Waals surface area contributed by atoms with Gasteiger partial charge in [-0.3, -0.25) is 0 Å². The van der Waals surface area contributed by atoms with Crippen molar-refractivity contribution >= 4 is 16.9 Å². The standard InChI is InChI=1S/C17H15NO3/c1-18-15-9-12(11-4-3-5-14(8-11)21-2)6-7-13(15)10-16(18)17(19)20/h3-10H,1-2H3,(H,19,20). The summed E-state index contributed by atoms with van der Waals surface area (Å²) < 4.78 is 6.94. The molecule has 0 bridgehead atoms. The molecule has 4 heteroatoms. The van der Waals surface area contributed by atoms with Crippen LogP contribution in [0.3, 0.4) is 0 Å². The van der Waals surface area contributed by atoms with Crippen molar-refractivity contribution in [1.82, 2.24) is 4.57 Å². The van der Waals surface area contributed by atoms with Crippen LogP contribution in [0.4, 0.5) is 0 Å². The molecule has 0 radical (unpaired) electrons. The summed E-state index contributed by atoms with van der Waals surface area (Å²) in [5.74, 6) is -0.123. The number of benzene rings is 2. The van der Waals surface area contributed by atoms with Crippen LogP contribution in [0, 0.1) is 0 Å². The fourth-order valence-electron chi connectivity index (χ4n) is 2.52. The minimum absolute atomic E-state index is 0.285. The molecular formula is C17H15NO3. The number of aromatic nitrogens is 1. The van der Waals surface area contributed by atoms with Crippen LogP contribution < -0.4 is 4.74 Å². The Hall–Kier alpha value is -2.75. The van der Waals surface area contributed by atoms with Crippen LogP contribution in [0.1, 0.15) is 10.5 Å². The van der Waals surface area contributed by atoms with E-state index in [4.69, 9.17) is 4.74 Å². The first-order valence-corrected chi connectivity index (χ1v) is 6.57. The van der Waals surface area contributed by atoms with Gasteiger partial charge < -0.3 is 14.4 Å². The maximum atomic E-state index is 11.2. The smallest absolute Gasteiger partial charge is 0.352 e. The molecule has 0 spiro atoms. The van der Waals surface area contributed by atoms with Gasteiger partial charge in [-0.05, 0) is 35.4 Å². The number of fused-ring (bicyclic) bond motifs is 1. The highest BCUT2D eigenvalue weighted by Gasteiger charge is 2.12. The van der Waals surface area contributed by atoms with E-state index in [-0.39, 0.29) is 5.69 Å². The first-order valence-electron chi connectivity index (χ1n) is 6.57. The molecule has 0 fully saturated rings. The van der Waals surface area contributed by atoms with Crippen molar-refractivity contribution in [1.29, 1.82) is 0 Å². The van der Waals surface area contributed by atoms with Gasteiger partial charge in [-0.1, -0.05) is 24.3 Å². The predicted octanol–water partition coefficient (Wildman–Crippen LogP) is 3.55. The molecule has 4 nitrogen and oxygen atoms in total. The summed E-state index contributed by atoms with van der Waals surface area (Å²) in [6.07, 6.45) is 0. The third kappa shape index (κ3) is 2.25. The predicted molar refractivity (Wildman–Crippen MR) is 81.9 cm³/mol. The van der Waals surface area contributed by atoms with E-state index in [0.717, 1.165) is 27.8 Å². The highest BCUT2D eigenvalue weighted by molar-refractivity contribution is 5.96. The van der Waals surface area contributed by atoms with Gasteiger partial charge in [-0.25, -0.2) is 4.79 Å². The number of nitrogens with zero attached hydrogens (tertiary/aromatic N) is 1. The van der Waals surface area contributed by atoms with E-state index < -0.39 is 5.97 Å². The fourth-order valence-corrected chi connectivity index (χ4v) is 2.52. The molecule has 106 valence electrons. The fraction of sp³-hybridized carbons (Fsp3) is 0.118. The average Bonchev–Trinajstić information content (AvgIpc) is 2.84. The minimum Gasteiger partial charge on any atom is -0.497 e. The Morgan fingerprint density at radius 1 is 1.10 bits per heavy atom. The number of carbonyl (C=O) groups is 1. The summed E-state index contributed by atoms with van der Waals surface area (Å²) >= 11 is 0. The largest absolute Gasteiger partial charge is 0.497 e. The van der Waals surface area contributed by atoms with Crippen molar-refractivity contribution in [3.05, 3.63) is 54.2 Å². The normalized spacial score (nSPS) is 10.8. The molecule has 1 aromatic heterocycles. The zero-order valence-corrected chi connectivity index (χ0v) is 11.8. The van der Waals surface area contributed by atoms with Crippen LogP contribution >= 0.6 is 0 Å². The molecule has 21 heavy (non-hydrogen) atoms. The Morgan fingerprint density at radius 3 is 2.57 bits per heavy atom. The van der Waals surface area contributed by atoms with Crippen molar-refractivity contribution in [2.24, 2.45) is 7.05 Å². The molecule has 0 atom stereocenters. The van der Waals surface area contributed by atoms with Gasteiger partial charge in [0.05, 0.1) is 7.11 Å². The maximum absolute atomic E-state index is 11.2. The Labute approximate surface area is 122 Å². The summed E-state index contributed by atoms with van der Waals surface area (Å²) in [6.45, 7) is 0. The molecule has 0 aliphatic heterocycles. The van der Waals surface area contributed by atoms with E-state index in [1.165, 1.54) is 0 Å². The van der Waals surface area contributed by atoms with Crippen LogP contribution in [0.5, 0.6) is 5.75 Å². The lowest BCUT2D eigenvalue weighted by molar-refractivity contribution is 0.0687.